The first-order chi connectivity index (χ1) is 9.83. The first-order valence-corrected chi connectivity index (χ1v) is 8.39. The summed E-state index contributed by atoms with van der Waals surface area (Å²) in [5, 5.41) is 0. The van der Waals surface area contributed by atoms with Gasteiger partial charge in [-0.05, 0) is 62.8 Å². The Morgan fingerprint density at radius 1 is 1.33 bits per heavy atom. The van der Waals surface area contributed by atoms with E-state index < -0.39 is 5.60 Å². The van der Waals surface area contributed by atoms with E-state index in [1.807, 2.05) is 25.7 Å². The highest BCUT2D eigenvalue weighted by Gasteiger charge is 2.39. The normalized spacial score (nSPS) is 21.9. The quantitative estimate of drug-likeness (QED) is 0.734. The number of ether oxygens (including phenoxy) is 1. The summed E-state index contributed by atoms with van der Waals surface area (Å²) < 4.78 is 6.62. The van der Waals surface area contributed by atoms with Crippen molar-refractivity contribution < 1.29 is 9.53 Å². The lowest BCUT2D eigenvalue weighted by Crippen LogP contribution is -2.42. The fourth-order valence-corrected chi connectivity index (χ4v) is 3.45. The van der Waals surface area contributed by atoms with E-state index in [4.69, 9.17) is 4.74 Å². The average molecular weight is 352 g/mol. The van der Waals surface area contributed by atoms with Crippen LogP contribution in [-0.2, 0) is 11.3 Å². The molecule has 3 rings (SSSR count). The van der Waals surface area contributed by atoms with E-state index in [1.54, 1.807) is 0 Å². The molecular formula is C17H22BrNO2. The summed E-state index contributed by atoms with van der Waals surface area (Å²) in [4.78, 5) is 14.3. The Morgan fingerprint density at radius 2 is 2.05 bits per heavy atom. The Hall–Kier alpha value is -1.03. The smallest absolute Gasteiger partial charge is 0.410 e. The standard InChI is InChI=1S/C17H22BrNO2/c1-17(2,3)21-16(20)19-9-12-8-13(18)6-7-14(12)15(10-19)11-4-5-11/h6-8,11,15H,4-5,9-10H2,1-3H3. The van der Waals surface area contributed by atoms with Gasteiger partial charge in [0.1, 0.15) is 5.60 Å². The van der Waals surface area contributed by atoms with E-state index in [0.29, 0.717) is 12.5 Å². The molecule has 0 aromatic heterocycles. The van der Waals surface area contributed by atoms with Gasteiger partial charge in [-0.2, -0.15) is 0 Å². The van der Waals surface area contributed by atoms with Gasteiger partial charge in [-0.1, -0.05) is 22.0 Å². The second kappa shape index (κ2) is 5.31. The molecule has 3 nitrogen and oxygen atoms in total. The Labute approximate surface area is 134 Å². The molecule has 2 aliphatic rings. The largest absolute Gasteiger partial charge is 0.444 e. The molecule has 0 saturated heterocycles. The van der Waals surface area contributed by atoms with Gasteiger partial charge in [-0.15, -0.1) is 0 Å². The van der Waals surface area contributed by atoms with Crippen LogP contribution in [0.2, 0.25) is 0 Å². The summed E-state index contributed by atoms with van der Waals surface area (Å²) >= 11 is 3.53. The van der Waals surface area contributed by atoms with Crippen molar-refractivity contribution in [1.29, 1.82) is 0 Å². The van der Waals surface area contributed by atoms with Crippen molar-refractivity contribution in [1.82, 2.24) is 4.90 Å². The molecule has 4 heteroatoms. The fraction of sp³-hybridized carbons (Fsp3) is 0.588. The number of amides is 1. The van der Waals surface area contributed by atoms with Gasteiger partial charge in [0.2, 0.25) is 0 Å². The molecule has 1 aromatic carbocycles. The van der Waals surface area contributed by atoms with Crippen LogP contribution in [0.25, 0.3) is 0 Å². The van der Waals surface area contributed by atoms with Crippen LogP contribution in [0.1, 0.15) is 50.7 Å². The minimum absolute atomic E-state index is 0.196. The molecule has 0 radical (unpaired) electrons. The van der Waals surface area contributed by atoms with Gasteiger partial charge in [0.15, 0.2) is 0 Å². The maximum Gasteiger partial charge on any atom is 0.410 e. The molecule has 21 heavy (non-hydrogen) atoms. The molecule has 0 N–H and O–H groups in total. The summed E-state index contributed by atoms with van der Waals surface area (Å²) in [5.74, 6) is 1.20. The Morgan fingerprint density at radius 3 is 2.67 bits per heavy atom. The van der Waals surface area contributed by atoms with Crippen molar-refractivity contribution in [3.8, 4) is 0 Å². The fourth-order valence-electron chi connectivity index (χ4n) is 3.05. The van der Waals surface area contributed by atoms with Gasteiger partial charge in [0, 0.05) is 23.5 Å². The first kappa shape index (κ1) is 14.9. The maximum atomic E-state index is 12.4. The number of hydrogen-bond donors (Lipinski definition) is 0. The first-order valence-electron chi connectivity index (χ1n) is 7.60. The predicted molar refractivity (Wildman–Crippen MR) is 86.3 cm³/mol. The van der Waals surface area contributed by atoms with Crippen LogP contribution in [0, 0.1) is 5.92 Å². The van der Waals surface area contributed by atoms with Crippen LogP contribution in [0.5, 0.6) is 0 Å². The van der Waals surface area contributed by atoms with Gasteiger partial charge >= 0.3 is 6.09 Å². The van der Waals surface area contributed by atoms with Gasteiger partial charge in [-0.3, -0.25) is 0 Å². The SMILES string of the molecule is CC(C)(C)OC(=O)N1Cc2cc(Br)ccc2C(C2CC2)C1. The van der Waals surface area contributed by atoms with Crippen molar-refractivity contribution in [2.75, 3.05) is 6.54 Å². The molecule has 1 saturated carbocycles. The van der Waals surface area contributed by atoms with Crippen LogP contribution in [0.15, 0.2) is 22.7 Å². The lowest BCUT2D eigenvalue weighted by molar-refractivity contribution is 0.0200. The van der Waals surface area contributed by atoms with Crippen LogP contribution in [-0.4, -0.2) is 23.1 Å². The van der Waals surface area contributed by atoms with Crippen molar-refractivity contribution in [2.24, 2.45) is 5.92 Å². The molecule has 1 amide bonds. The van der Waals surface area contributed by atoms with Crippen LogP contribution in [0.3, 0.4) is 0 Å². The zero-order chi connectivity index (χ0) is 15.2. The second-order valence-electron chi connectivity index (χ2n) is 7.15. The highest BCUT2D eigenvalue weighted by molar-refractivity contribution is 9.10. The van der Waals surface area contributed by atoms with E-state index in [1.165, 1.54) is 24.0 Å². The van der Waals surface area contributed by atoms with Crippen LogP contribution >= 0.6 is 15.9 Å². The van der Waals surface area contributed by atoms with E-state index in [0.717, 1.165) is 16.9 Å². The highest BCUT2D eigenvalue weighted by Crippen LogP contribution is 2.46. The van der Waals surface area contributed by atoms with Gasteiger partial charge in [0.25, 0.3) is 0 Å². The lowest BCUT2D eigenvalue weighted by Gasteiger charge is -2.36. The van der Waals surface area contributed by atoms with Gasteiger partial charge < -0.3 is 9.64 Å². The van der Waals surface area contributed by atoms with Crippen LogP contribution < -0.4 is 0 Å². The summed E-state index contributed by atoms with van der Waals surface area (Å²) in [6.07, 6.45) is 2.36. The zero-order valence-corrected chi connectivity index (χ0v) is 14.4. The Kier molecular flexibility index (Phi) is 3.76. The average Bonchev–Trinajstić information content (AvgIpc) is 3.19. The number of nitrogens with zero attached hydrogens (tertiary/aromatic N) is 1. The van der Waals surface area contributed by atoms with Gasteiger partial charge in [-0.25, -0.2) is 4.79 Å². The topological polar surface area (TPSA) is 29.5 Å². The number of fused-ring (bicyclic) bond motifs is 1. The maximum absolute atomic E-state index is 12.4. The minimum atomic E-state index is -0.441. The van der Waals surface area contributed by atoms with E-state index in [9.17, 15) is 4.79 Å². The molecule has 114 valence electrons. The molecule has 1 heterocycles. The Bertz CT molecular complexity index is 560. The van der Waals surface area contributed by atoms with Crippen molar-refractivity contribution in [3.05, 3.63) is 33.8 Å². The number of carbonyl (C=O) groups is 1. The third kappa shape index (κ3) is 3.42. The van der Waals surface area contributed by atoms with Crippen molar-refractivity contribution in [2.45, 2.75) is 51.7 Å². The molecule has 0 spiro atoms. The third-order valence-corrected chi connectivity index (χ3v) is 4.62. The molecule has 0 bridgehead atoms. The Balaban J connectivity index is 1.84. The monoisotopic (exact) mass is 351 g/mol. The molecule has 1 unspecified atom stereocenters. The summed E-state index contributed by atoms with van der Waals surface area (Å²) in [5.41, 5.74) is 2.22. The molecular weight excluding hydrogens is 330 g/mol. The number of rotatable bonds is 1. The predicted octanol–water partition coefficient (Wildman–Crippen LogP) is 4.69. The van der Waals surface area contributed by atoms with Gasteiger partial charge in [0.05, 0.1) is 0 Å². The number of halogens is 1. The van der Waals surface area contributed by atoms with Crippen molar-refractivity contribution in [3.63, 3.8) is 0 Å². The van der Waals surface area contributed by atoms with Crippen LogP contribution in [0.4, 0.5) is 4.79 Å². The third-order valence-electron chi connectivity index (χ3n) is 4.13. The summed E-state index contributed by atoms with van der Waals surface area (Å²) in [6, 6.07) is 6.47. The number of hydrogen-bond acceptors (Lipinski definition) is 2. The second-order valence-corrected chi connectivity index (χ2v) is 8.06. The summed E-state index contributed by atoms with van der Waals surface area (Å²) in [6.45, 7) is 7.17. The van der Waals surface area contributed by atoms with E-state index in [2.05, 4.69) is 34.1 Å². The summed E-state index contributed by atoms with van der Waals surface area (Å²) in [7, 11) is 0. The zero-order valence-electron chi connectivity index (χ0n) is 12.9. The number of carbonyl (C=O) groups excluding carboxylic acids is 1. The van der Waals surface area contributed by atoms with E-state index in [-0.39, 0.29) is 6.09 Å². The lowest BCUT2D eigenvalue weighted by atomic mass is 9.86. The number of benzene rings is 1. The molecule has 1 atom stereocenters. The molecule has 1 aromatic rings. The molecule has 1 aliphatic carbocycles. The molecule has 1 aliphatic heterocycles. The van der Waals surface area contributed by atoms with E-state index >= 15 is 0 Å². The molecule has 1 fully saturated rings. The minimum Gasteiger partial charge on any atom is -0.444 e. The van der Waals surface area contributed by atoms with Crippen molar-refractivity contribution >= 4 is 22.0 Å². The highest BCUT2D eigenvalue weighted by atomic mass is 79.9.